The molecule has 0 amide bonds. The number of hydrogen-bond donors (Lipinski definition) is 2. The van der Waals surface area contributed by atoms with Crippen molar-refractivity contribution in [3.8, 4) is 5.75 Å². The Morgan fingerprint density at radius 1 is 1.09 bits per heavy atom. The molecule has 0 spiro atoms. The summed E-state index contributed by atoms with van der Waals surface area (Å²) in [6, 6.07) is 16.8. The second-order valence-electron chi connectivity index (χ2n) is 6.40. The van der Waals surface area contributed by atoms with Gasteiger partial charge >= 0.3 is 0 Å². The summed E-state index contributed by atoms with van der Waals surface area (Å²) in [7, 11) is 0. The Labute approximate surface area is 132 Å². The fourth-order valence-electron chi connectivity index (χ4n) is 2.51. The van der Waals surface area contributed by atoms with Crippen LogP contribution in [0.25, 0.3) is 0 Å². The van der Waals surface area contributed by atoms with Gasteiger partial charge in [0, 0.05) is 12.1 Å². The van der Waals surface area contributed by atoms with Gasteiger partial charge in [-0.3, -0.25) is 4.79 Å². The molecule has 2 N–H and O–H groups in total. The van der Waals surface area contributed by atoms with E-state index in [9.17, 15) is 9.90 Å². The highest BCUT2D eigenvalue weighted by Gasteiger charge is 2.18. The SMILES string of the molecule is CC(C)(CNCC(=O)c1cccc(O)c1)Cc1ccccc1. The van der Waals surface area contributed by atoms with Crippen LogP contribution in [-0.4, -0.2) is 24.0 Å². The van der Waals surface area contributed by atoms with Crippen molar-refractivity contribution in [3.05, 3.63) is 65.7 Å². The van der Waals surface area contributed by atoms with Crippen LogP contribution in [0.15, 0.2) is 54.6 Å². The van der Waals surface area contributed by atoms with Crippen LogP contribution in [-0.2, 0) is 6.42 Å². The summed E-state index contributed by atoms with van der Waals surface area (Å²) in [5.41, 5.74) is 1.91. The quantitative estimate of drug-likeness (QED) is 0.770. The molecule has 0 saturated carbocycles. The molecule has 3 heteroatoms. The third-order valence-electron chi connectivity index (χ3n) is 3.58. The number of Topliss-reactive ketones (excluding diaryl/α,β-unsaturated/α-hetero) is 1. The van der Waals surface area contributed by atoms with Crippen molar-refractivity contribution in [2.24, 2.45) is 5.41 Å². The largest absolute Gasteiger partial charge is 0.508 e. The maximum atomic E-state index is 12.1. The van der Waals surface area contributed by atoms with Gasteiger partial charge in [0.15, 0.2) is 5.78 Å². The van der Waals surface area contributed by atoms with Gasteiger partial charge in [0.25, 0.3) is 0 Å². The molecule has 2 aromatic rings. The molecule has 0 aliphatic heterocycles. The van der Waals surface area contributed by atoms with E-state index in [-0.39, 0.29) is 23.5 Å². The van der Waals surface area contributed by atoms with E-state index in [1.54, 1.807) is 18.2 Å². The predicted octanol–water partition coefficient (Wildman–Crippen LogP) is 3.43. The summed E-state index contributed by atoms with van der Waals surface area (Å²) < 4.78 is 0. The molecule has 0 aromatic heterocycles. The van der Waals surface area contributed by atoms with Crippen LogP contribution in [0.5, 0.6) is 5.75 Å². The van der Waals surface area contributed by atoms with E-state index < -0.39 is 0 Å². The highest BCUT2D eigenvalue weighted by Crippen LogP contribution is 2.20. The number of phenolic OH excluding ortho intramolecular Hbond substituents is 1. The Morgan fingerprint density at radius 3 is 2.50 bits per heavy atom. The third kappa shape index (κ3) is 5.01. The number of benzene rings is 2. The first-order valence-corrected chi connectivity index (χ1v) is 7.53. The lowest BCUT2D eigenvalue weighted by molar-refractivity contribution is 0.0987. The molecule has 2 aromatic carbocycles. The molecule has 0 bridgehead atoms. The molecular weight excluding hydrogens is 274 g/mol. The van der Waals surface area contributed by atoms with Crippen molar-refractivity contribution >= 4 is 5.78 Å². The predicted molar refractivity (Wildman–Crippen MR) is 89.2 cm³/mol. The molecule has 0 unspecified atom stereocenters. The number of phenols is 1. The maximum Gasteiger partial charge on any atom is 0.176 e. The smallest absolute Gasteiger partial charge is 0.176 e. The fraction of sp³-hybridized carbons (Fsp3) is 0.316. The summed E-state index contributed by atoms with van der Waals surface area (Å²) in [5, 5.41) is 12.6. The highest BCUT2D eigenvalue weighted by molar-refractivity contribution is 5.97. The lowest BCUT2D eigenvalue weighted by Crippen LogP contribution is -2.34. The Hall–Kier alpha value is -2.13. The zero-order valence-corrected chi connectivity index (χ0v) is 13.2. The van der Waals surface area contributed by atoms with Crippen LogP contribution in [0.2, 0.25) is 0 Å². The standard InChI is InChI=1S/C19H23NO2/c1-19(2,12-15-7-4-3-5-8-15)14-20-13-18(22)16-9-6-10-17(21)11-16/h3-11,20-21H,12-14H2,1-2H3. The Balaban J connectivity index is 1.83. The molecule has 0 heterocycles. The summed E-state index contributed by atoms with van der Waals surface area (Å²) in [6.07, 6.45) is 0.959. The van der Waals surface area contributed by atoms with E-state index >= 15 is 0 Å². The van der Waals surface area contributed by atoms with Crippen molar-refractivity contribution in [1.29, 1.82) is 0 Å². The van der Waals surface area contributed by atoms with Crippen molar-refractivity contribution in [1.82, 2.24) is 5.32 Å². The van der Waals surface area contributed by atoms with Gasteiger partial charge in [0.1, 0.15) is 5.75 Å². The van der Waals surface area contributed by atoms with Crippen LogP contribution in [0.3, 0.4) is 0 Å². The van der Waals surface area contributed by atoms with Crippen LogP contribution in [0.1, 0.15) is 29.8 Å². The zero-order valence-electron chi connectivity index (χ0n) is 13.2. The molecule has 3 nitrogen and oxygen atoms in total. The Kier molecular flexibility index (Phi) is 5.34. The van der Waals surface area contributed by atoms with Gasteiger partial charge < -0.3 is 10.4 Å². The monoisotopic (exact) mass is 297 g/mol. The number of carbonyl (C=O) groups is 1. The van der Waals surface area contributed by atoms with Crippen molar-refractivity contribution < 1.29 is 9.90 Å². The first-order chi connectivity index (χ1) is 10.5. The third-order valence-corrected chi connectivity index (χ3v) is 3.58. The van der Waals surface area contributed by atoms with Gasteiger partial charge in [0.2, 0.25) is 0 Å². The van der Waals surface area contributed by atoms with Crippen molar-refractivity contribution in [3.63, 3.8) is 0 Å². The fourth-order valence-corrected chi connectivity index (χ4v) is 2.51. The van der Waals surface area contributed by atoms with E-state index in [0.717, 1.165) is 13.0 Å². The molecule has 0 atom stereocenters. The maximum absolute atomic E-state index is 12.1. The molecule has 0 aliphatic carbocycles. The summed E-state index contributed by atoms with van der Waals surface area (Å²) in [4.78, 5) is 12.1. The van der Waals surface area contributed by atoms with E-state index in [1.165, 1.54) is 11.6 Å². The molecule has 116 valence electrons. The minimum absolute atomic E-state index is 0.00795. The molecule has 2 rings (SSSR count). The first-order valence-electron chi connectivity index (χ1n) is 7.53. The number of rotatable bonds is 7. The lowest BCUT2D eigenvalue weighted by Gasteiger charge is -2.25. The molecule has 0 radical (unpaired) electrons. The van der Waals surface area contributed by atoms with Gasteiger partial charge in [-0.15, -0.1) is 0 Å². The van der Waals surface area contributed by atoms with E-state index in [1.807, 2.05) is 18.2 Å². The van der Waals surface area contributed by atoms with Crippen LogP contribution < -0.4 is 5.32 Å². The number of aromatic hydroxyl groups is 1. The molecular formula is C19H23NO2. The average Bonchev–Trinajstić information content (AvgIpc) is 2.47. The highest BCUT2D eigenvalue weighted by atomic mass is 16.3. The van der Waals surface area contributed by atoms with Gasteiger partial charge in [0.05, 0.1) is 6.54 Å². The van der Waals surface area contributed by atoms with Crippen molar-refractivity contribution in [2.75, 3.05) is 13.1 Å². The summed E-state index contributed by atoms with van der Waals surface area (Å²) >= 11 is 0. The Bertz CT molecular complexity index is 620. The summed E-state index contributed by atoms with van der Waals surface area (Å²) in [6.45, 7) is 5.41. The van der Waals surface area contributed by atoms with Crippen LogP contribution in [0.4, 0.5) is 0 Å². The topological polar surface area (TPSA) is 49.3 Å². The number of ketones is 1. The molecule has 22 heavy (non-hydrogen) atoms. The average molecular weight is 297 g/mol. The number of carbonyl (C=O) groups excluding carboxylic acids is 1. The second kappa shape index (κ2) is 7.23. The van der Waals surface area contributed by atoms with E-state index in [2.05, 4.69) is 31.3 Å². The lowest BCUT2D eigenvalue weighted by atomic mass is 9.85. The zero-order chi connectivity index (χ0) is 16.0. The van der Waals surface area contributed by atoms with Gasteiger partial charge in [-0.2, -0.15) is 0 Å². The van der Waals surface area contributed by atoms with Gasteiger partial charge in [-0.25, -0.2) is 0 Å². The Morgan fingerprint density at radius 2 is 1.82 bits per heavy atom. The van der Waals surface area contributed by atoms with Crippen LogP contribution >= 0.6 is 0 Å². The number of nitrogens with one attached hydrogen (secondary N) is 1. The van der Waals surface area contributed by atoms with Gasteiger partial charge in [-0.1, -0.05) is 56.3 Å². The van der Waals surface area contributed by atoms with Gasteiger partial charge in [-0.05, 0) is 29.5 Å². The summed E-state index contributed by atoms with van der Waals surface area (Å²) in [5.74, 6) is 0.113. The van der Waals surface area contributed by atoms with Crippen molar-refractivity contribution in [2.45, 2.75) is 20.3 Å². The van der Waals surface area contributed by atoms with Crippen LogP contribution in [0, 0.1) is 5.41 Å². The number of hydrogen-bond acceptors (Lipinski definition) is 3. The molecule has 0 saturated heterocycles. The minimum atomic E-state index is -0.00795. The van der Waals surface area contributed by atoms with E-state index in [0.29, 0.717) is 5.56 Å². The first kappa shape index (κ1) is 16.2. The second-order valence-corrected chi connectivity index (χ2v) is 6.40. The normalized spacial score (nSPS) is 11.4. The molecule has 0 aliphatic rings. The minimum Gasteiger partial charge on any atom is -0.508 e. The van der Waals surface area contributed by atoms with E-state index in [4.69, 9.17) is 0 Å². The molecule has 0 fully saturated rings.